The zero-order valence-electron chi connectivity index (χ0n) is 14.9. The van der Waals surface area contributed by atoms with Crippen LogP contribution in [0.15, 0.2) is 30.9 Å². The van der Waals surface area contributed by atoms with Gasteiger partial charge in [0, 0.05) is 44.6 Å². The largest absolute Gasteiger partial charge is 0.433 e. The maximum Gasteiger partial charge on any atom is 0.433 e. The zero-order chi connectivity index (χ0) is 19.9. The first-order valence-corrected chi connectivity index (χ1v) is 8.58. The van der Waals surface area contributed by atoms with Gasteiger partial charge in [-0.3, -0.25) is 4.79 Å². The highest BCUT2D eigenvalue weighted by molar-refractivity contribution is 6.01. The summed E-state index contributed by atoms with van der Waals surface area (Å²) in [4.78, 5) is 27.8. The highest BCUT2D eigenvalue weighted by Crippen LogP contribution is 2.29. The molecule has 1 saturated heterocycles. The van der Waals surface area contributed by atoms with Gasteiger partial charge in [-0.25, -0.2) is 19.5 Å². The maximum atomic E-state index is 13.0. The van der Waals surface area contributed by atoms with Crippen molar-refractivity contribution in [3.05, 3.63) is 47.8 Å². The van der Waals surface area contributed by atoms with Crippen LogP contribution in [-0.2, 0) is 6.18 Å². The number of nitrogens with zero attached hydrogens (tertiary/aromatic N) is 7. The van der Waals surface area contributed by atoms with Crippen LogP contribution in [0.2, 0.25) is 0 Å². The fraction of sp³-hybridized carbons (Fsp3) is 0.353. The third-order valence-corrected chi connectivity index (χ3v) is 4.62. The van der Waals surface area contributed by atoms with Gasteiger partial charge >= 0.3 is 6.18 Å². The number of hydrogen-bond acceptors (Lipinski definition) is 6. The molecule has 0 atom stereocenters. The van der Waals surface area contributed by atoms with Crippen LogP contribution >= 0.6 is 0 Å². The first kappa shape index (κ1) is 18.1. The summed E-state index contributed by atoms with van der Waals surface area (Å²) in [6.45, 7) is 3.19. The molecule has 28 heavy (non-hydrogen) atoms. The number of aryl methyl sites for hydroxylation is 1. The minimum Gasteiger partial charge on any atom is -0.353 e. The molecule has 1 aliphatic heterocycles. The monoisotopic (exact) mass is 391 g/mol. The van der Waals surface area contributed by atoms with Crippen LogP contribution in [0.25, 0.3) is 5.65 Å². The Balaban J connectivity index is 1.50. The lowest BCUT2D eigenvalue weighted by Crippen LogP contribution is -2.49. The molecule has 1 fully saturated rings. The van der Waals surface area contributed by atoms with Gasteiger partial charge in [0.1, 0.15) is 23.4 Å². The highest BCUT2D eigenvalue weighted by atomic mass is 19.4. The number of anilines is 1. The smallest absolute Gasteiger partial charge is 0.353 e. The van der Waals surface area contributed by atoms with E-state index in [9.17, 15) is 18.0 Å². The van der Waals surface area contributed by atoms with E-state index >= 15 is 0 Å². The molecule has 0 saturated carbocycles. The SMILES string of the molecule is Cc1nn2cccnc2c1C(=O)N1CCN(c2cc(C(F)(F)F)ncn2)CC1. The van der Waals surface area contributed by atoms with Crippen molar-refractivity contribution >= 4 is 17.4 Å². The van der Waals surface area contributed by atoms with Gasteiger partial charge in [0.15, 0.2) is 5.65 Å². The lowest BCUT2D eigenvalue weighted by molar-refractivity contribution is -0.141. The van der Waals surface area contributed by atoms with Gasteiger partial charge in [-0.1, -0.05) is 0 Å². The van der Waals surface area contributed by atoms with E-state index in [4.69, 9.17) is 0 Å². The van der Waals surface area contributed by atoms with E-state index in [1.165, 1.54) is 0 Å². The van der Waals surface area contributed by atoms with Gasteiger partial charge in [-0.2, -0.15) is 18.3 Å². The van der Waals surface area contributed by atoms with Crippen molar-refractivity contribution in [3.8, 4) is 0 Å². The summed E-state index contributed by atoms with van der Waals surface area (Å²) < 4.78 is 40.1. The van der Waals surface area contributed by atoms with E-state index < -0.39 is 11.9 Å². The Morgan fingerprint density at radius 1 is 1.11 bits per heavy atom. The van der Waals surface area contributed by atoms with E-state index in [0.29, 0.717) is 43.1 Å². The summed E-state index contributed by atoms with van der Waals surface area (Å²) in [5.74, 6) is 0.00720. The van der Waals surface area contributed by atoms with Crippen LogP contribution in [0.3, 0.4) is 0 Å². The van der Waals surface area contributed by atoms with E-state index in [-0.39, 0.29) is 11.7 Å². The maximum absolute atomic E-state index is 13.0. The molecule has 0 aliphatic carbocycles. The molecule has 11 heteroatoms. The number of rotatable bonds is 2. The van der Waals surface area contributed by atoms with Gasteiger partial charge in [0.2, 0.25) is 0 Å². The van der Waals surface area contributed by atoms with Crippen LogP contribution in [0.5, 0.6) is 0 Å². The molecule has 3 aromatic heterocycles. The Labute approximate surface area is 157 Å². The fourth-order valence-electron chi connectivity index (χ4n) is 3.22. The van der Waals surface area contributed by atoms with Crippen LogP contribution in [0.4, 0.5) is 19.0 Å². The summed E-state index contributed by atoms with van der Waals surface area (Å²) >= 11 is 0. The van der Waals surface area contributed by atoms with Crippen molar-refractivity contribution in [2.24, 2.45) is 0 Å². The Morgan fingerprint density at radius 2 is 1.86 bits per heavy atom. The minimum atomic E-state index is -4.52. The van der Waals surface area contributed by atoms with Crippen molar-refractivity contribution in [3.63, 3.8) is 0 Å². The molecule has 0 unspecified atom stereocenters. The van der Waals surface area contributed by atoms with Crippen molar-refractivity contribution in [2.45, 2.75) is 13.1 Å². The van der Waals surface area contributed by atoms with E-state index in [1.807, 2.05) is 0 Å². The van der Waals surface area contributed by atoms with Gasteiger partial charge in [-0.05, 0) is 13.0 Å². The van der Waals surface area contributed by atoms with Crippen LogP contribution in [-0.4, -0.2) is 61.6 Å². The molecule has 8 nitrogen and oxygen atoms in total. The summed E-state index contributed by atoms with van der Waals surface area (Å²) in [5, 5.41) is 4.30. The summed E-state index contributed by atoms with van der Waals surface area (Å²) in [5.41, 5.74) is 0.523. The van der Waals surface area contributed by atoms with Crippen molar-refractivity contribution in [1.82, 2.24) is 29.5 Å². The predicted molar refractivity (Wildman–Crippen MR) is 92.9 cm³/mol. The lowest BCUT2D eigenvalue weighted by atomic mass is 10.2. The summed E-state index contributed by atoms with van der Waals surface area (Å²) in [6, 6.07) is 2.65. The number of piperazine rings is 1. The normalized spacial score (nSPS) is 15.3. The first-order valence-electron chi connectivity index (χ1n) is 8.58. The fourth-order valence-corrected chi connectivity index (χ4v) is 3.22. The molecular formula is C17H16F3N7O. The number of carbonyl (C=O) groups is 1. The lowest BCUT2D eigenvalue weighted by Gasteiger charge is -2.35. The molecule has 0 spiro atoms. The third-order valence-electron chi connectivity index (χ3n) is 4.62. The Morgan fingerprint density at radius 3 is 2.57 bits per heavy atom. The molecule has 4 rings (SSSR count). The molecule has 0 N–H and O–H groups in total. The second kappa shape index (κ2) is 6.73. The number of aromatic nitrogens is 5. The van der Waals surface area contributed by atoms with Crippen LogP contribution in [0, 0.1) is 6.92 Å². The Kier molecular flexibility index (Phi) is 4.36. The van der Waals surface area contributed by atoms with E-state index in [0.717, 1.165) is 12.4 Å². The van der Waals surface area contributed by atoms with Gasteiger partial charge in [-0.15, -0.1) is 0 Å². The van der Waals surface area contributed by atoms with Gasteiger partial charge in [0.25, 0.3) is 5.91 Å². The first-order chi connectivity index (χ1) is 13.3. The number of amides is 1. The summed E-state index contributed by atoms with van der Waals surface area (Å²) in [6.07, 6.45) is -0.302. The molecule has 1 aliphatic rings. The quantitative estimate of drug-likeness (QED) is 0.663. The van der Waals surface area contributed by atoms with Crippen LogP contribution < -0.4 is 4.90 Å². The second-order valence-corrected chi connectivity index (χ2v) is 6.39. The van der Waals surface area contributed by atoms with Gasteiger partial charge in [0.05, 0.1) is 5.69 Å². The molecule has 3 aromatic rings. The summed E-state index contributed by atoms with van der Waals surface area (Å²) in [7, 11) is 0. The molecule has 146 valence electrons. The Bertz CT molecular complexity index is 1030. The predicted octanol–water partition coefficient (Wildman–Crippen LogP) is 1.81. The van der Waals surface area contributed by atoms with Crippen molar-refractivity contribution in [1.29, 1.82) is 0 Å². The molecule has 0 radical (unpaired) electrons. The topological polar surface area (TPSA) is 79.5 Å². The van der Waals surface area contributed by atoms with Gasteiger partial charge < -0.3 is 9.80 Å². The minimum absolute atomic E-state index is 0.190. The average molecular weight is 391 g/mol. The molecular weight excluding hydrogens is 375 g/mol. The number of fused-ring (bicyclic) bond motifs is 1. The van der Waals surface area contributed by atoms with E-state index in [2.05, 4.69) is 20.1 Å². The van der Waals surface area contributed by atoms with Crippen LogP contribution in [0.1, 0.15) is 21.7 Å². The number of halogens is 3. The third kappa shape index (κ3) is 3.23. The number of carbonyl (C=O) groups excluding carboxylic acids is 1. The van der Waals surface area contributed by atoms with E-state index in [1.54, 1.807) is 39.7 Å². The number of alkyl halides is 3. The molecule has 0 aromatic carbocycles. The second-order valence-electron chi connectivity index (χ2n) is 6.39. The molecule has 1 amide bonds. The Hall–Kier alpha value is -3.24. The van der Waals surface area contributed by atoms with Crippen molar-refractivity contribution < 1.29 is 18.0 Å². The van der Waals surface area contributed by atoms with Crippen molar-refractivity contribution in [2.75, 3.05) is 31.1 Å². The molecule has 0 bridgehead atoms. The zero-order valence-corrected chi connectivity index (χ0v) is 14.9. The number of hydrogen-bond donors (Lipinski definition) is 0. The molecule has 4 heterocycles. The highest BCUT2D eigenvalue weighted by Gasteiger charge is 2.34. The standard InChI is InChI=1S/C17H16F3N7O/c1-11-14(15-21-3-2-4-27(15)24-11)16(28)26-7-5-25(6-8-26)13-9-12(17(18,19)20)22-10-23-13/h2-4,9-10H,5-8H2,1H3. The average Bonchev–Trinajstić information content (AvgIpc) is 3.03.